The number of imidazole rings is 1. The molecule has 38 heavy (non-hydrogen) atoms. The van der Waals surface area contributed by atoms with Crippen molar-refractivity contribution in [3.05, 3.63) is 77.9 Å². The van der Waals surface area contributed by atoms with Crippen molar-refractivity contribution < 1.29 is 28.5 Å². The van der Waals surface area contributed by atoms with Gasteiger partial charge in [0.2, 0.25) is 11.9 Å². The van der Waals surface area contributed by atoms with Gasteiger partial charge in [0.25, 0.3) is 0 Å². The molecule has 0 fully saturated rings. The molecule has 2 heterocycles. The molecule has 0 unspecified atom stereocenters. The van der Waals surface area contributed by atoms with Gasteiger partial charge < -0.3 is 23.5 Å². The highest BCUT2D eigenvalue weighted by molar-refractivity contribution is 6.08. The number of hydrogen-bond acceptors (Lipinski definition) is 7. The Morgan fingerprint density at radius 1 is 0.895 bits per heavy atom. The first-order chi connectivity index (χ1) is 18.5. The summed E-state index contributed by atoms with van der Waals surface area (Å²) in [7, 11) is 4.59. The second-order valence-electron chi connectivity index (χ2n) is 8.80. The summed E-state index contributed by atoms with van der Waals surface area (Å²) in [6.45, 7) is 2.10. The molecule has 1 amide bonds. The molecule has 9 heteroatoms. The molecule has 2 atom stereocenters. The maximum Gasteiger partial charge on any atom is 0.321 e. The number of ether oxygens (including phenoxy) is 4. The van der Waals surface area contributed by atoms with E-state index in [1.165, 1.54) is 21.3 Å². The van der Waals surface area contributed by atoms with Gasteiger partial charge in [-0.25, -0.2) is 4.98 Å². The van der Waals surface area contributed by atoms with E-state index < -0.39 is 23.8 Å². The summed E-state index contributed by atoms with van der Waals surface area (Å²) < 4.78 is 24.2. The van der Waals surface area contributed by atoms with Crippen LogP contribution in [-0.4, -0.2) is 49.4 Å². The largest absolute Gasteiger partial charge is 0.496 e. The quantitative estimate of drug-likeness (QED) is 0.254. The number of carbonyl (C=O) groups excluding carboxylic acids is 2. The van der Waals surface area contributed by atoms with Crippen molar-refractivity contribution in [3.63, 3.8) is 0 Å². The molecule has 0 saturated heterocycles. The van der Waals surface area contributed by atoms with E-state index in [9.17, 15) is 9.59 Å². The topological polar surface area (TPSA) is 92.1 Å². The maximum atomic E-state index is 14.2. The number of esters is 1. The molecule has 0 aliphatic carbocycles. The molecule has 196 valence electrons. The Labute approximate surface area is 220 Å². The summed E-state index contributed by atoms with van der Waals surface area (Å²) in [6.07, 6.45) is 0. The SMILES string of the molecule is CCOC(=O)[C@@H]1C(=O)N(Cc2ccccc2)c2nc3ccccc3n2[C@@H]1c1cc(OC)c(OC)cc1OC. The van der Waals surface area contributed by atoms with Gasteiger partial charge >= 0.3 is 5.97 Å². The van der Waals surface area contributed by atoms with Crippen LogP contribution in [0.2, 0.25) is 0 Å². The monoisotopic (exact) mass is 515 g/mol. The molecular formula is C29H29N3O6. The van der Waals surface area contributed by atoms with Crippen molar-refractivity contribution in [2.24, 2.45) is 5.92 Å². The number of para-hydroxylation sites is 2. The predicted molar refractivity (Wildman–Crippen MR) is 142 cm³/mol. The summed E-state index contributed by atoms with van der Waals surface area (Å²) in [6, 6.07) is 19.8. The van der Waals surface area contributed by atoms with E-state index in [0.29, 0.717) is 34.3 Å². The predicted octanol–water partition coefficient (Wildman–Crippen LogP) is 4.38. The van der Waals surface area contributed by atoms with Crippen LogP contribution < -0.4 is 19.1 Å². The Hall–Kier alpha value is -4.53. The van der Waals surface area contributed by atoms with Crippen LogP contribution in [0.25, 0.3) is 11.0 Å². The lowest BCUT2D eigenvalue weighted by Crippen LogP contribution is -2.49. The Kier molecular flexibility index (Phi) is 6.91. The lowest BCUT2D eigenvalue weighted by atomic mass is 9.88. The Morgan fingerprint density at radius 3 is 2.24 bits per heavy atom. The van der Waals surface area contributed by atoms with Gasteiger partial charge in [0, 0.05) is 11.6 Å². The molecule has 1 aliphatic rings. The van der Waals surface area contributed by atoms with Crippen LogP contribution in [0.4, 0.5) is 5.95 Å². The molecule has 4 aromatic rings. The molecule has 0 saturated carbocycles. The number of anilines is 1. The first kappa shape index (κ1) is 25.1. The number of fused-ring (bicyclic) bond motifs is 3. The van der Waals surface area contributed by atoms with Crippen LogP contribution in [-0.2, 0) is 20.9 Å². The highest BCUT2D eigenvalue weighted by atomic mass is 16.5. The number of rotatable bonds is 8. The normalized spacial score (nSPS) is 16.7. The third-order valence-corrected chi connectivity index (χ3v) is 6.72. The van der Waals surface area contributed by atoms with Gasteiger partial charge in [0.05, 0.1) is 51.6 Å². The van der Waals surface area contributed by atoms with Crippen molar-refractivity contribution >= 4 is 28.9 Å². The van der Waals surface area contributed by atoms with Gasteiger partial charge in [-0.3, -0.25) is 14.5 Å². The van der Waals surface area contributed by atoms with E-state index in [2.05, 4.69) is 0 Å². The minimum Gasteiger partial charge on any atom is -0.496 e. The number of benzene rings is 3. The Balaban J connectivity index is 1.80. The third-order valence-electron chi connectivity index (χ3n) is 6.72. The molecule has 3 aromatic carbocycles. The van der Waals surface area contributed by atoms with E-state index in [4.69, 9.17) is 23.9 Å². The molecule has 0 N–H and O–H groups in total. The van der Waals surface area contributed by atoms with E-state index in [0.717, 1.165) is 11.1 Å². The number of hydrogen-bond donors (Lipinski definition) is 0. The molecule has 5 rings (SSSR count). The summed E-state index contributed by atoms with van der Waals surface area (Å²) in [5.41, 5.74) is 2.94. The van der Waals surface area contributed by atoms with E-state index in [-0.39, 0.29) is 13.2 Å². The highest BCUT2D eigenvalue weighted by Crippen LogP contribution is 2.47. The summed E-state index contributed by atoms with van der Waals surface area (Å²) in [5, 5.41) is 0. The Morgan fingerprint density at radius 2 is 1.55 bits per heavy atom. The van der Waals surface area contributed by atoms with Crippen molar-refractivity contribution in [1.82, 2.24) is 9.55 Å². The highest BCUT2D eigenvalue weighted by Gasteiger charge is 2.49. The average molecular weight is 516 g/mol. The van der Waals surface area contributed by atoms with Crippen molar-refractivity contribution in [3.8, 4) is 17.2 Å². The summed E-state index contributed by atoms with van der Waals surface area (Å²) in [5.74, 6) is -0.452. The van der Waals surface area contributed by atoms with Gasteiger partial charge in [-0.15, -0.1) is 0 Å². The van der Waals surface area contributed by atoms with Gasteiger partial charge in [-0.1, -0.05) is 42.5 Å². The first-order valence-electron chi connectivity index (χ1n) is 12.3. The minimum absolute atomic E-state index is 0.134. The van der Waals surface area contributed by atoms with E-state index in [1.54, 1.807) is 24.0 Å². The maximum absolute atomic E-state index is 14.2. The molecule has 0 radical (unpaired) electrons. The third kappa shape index (κ3) is 4.19. The van der Waals surface area contributed by atoms with E-state index >= 15 is 0 Å². The lowest BCUT2D eigenvalue weighted by molar-refractivity contribution is -0.153. The molecular weight excluding hydrogens is 486 g/mol. The van der Waals surface area contributed by atoms with Crippen LogP contribution in [0.5, 0.6) is 17.2 Å². The van der Waals surface area contributed by atoms with Crippen LogP contribution >= 0.6 is 0 Å². The fraction of sp³-hybridized carbons (Fsp3) is 0.276. The second kappa shape index (κ2) is 10.5. The van der Waals surface area contributed by atoms with Gasteiger partial charge in [-0.05, 0) is 30.7 Å². The van der Waals surface area contributed by atoms with Gasteiger partial charge in [0.1, 0.15) is 5.75 Å². The molecule has 1 aromatic heterocycles. The first-order valence-corrected chi connectivity index (χ1v) is 12.3. The van der Waals surface area contributed by atoms with Crippen LogP contribution in [0, 0.1) is 5.92 Å². The number of nitrogens with zero attached hydrogens (tertiary/aromatic N) is 3. The molecule has 1 aliphatic heterocycles. The fourth-order valence-corrected chi connectivity index (χ4v) is 5.03. The summed E-state index contributed by atoms with van der Waals surface area (Å²) >= 11 is 0. The summed E-state index contributed by atoms with van der Waals surface area (Å²) in [4.78, 5) is 34.2. The number of methoxy groups -OCH3 is 3. The minimum atomic E-state index is -1.20. The van der Waals surface area contributed by atoms with Gasteiger partial charge in [0.15, 0.2) is 17.4 Å². The standard InChI is InChI=1S/C29H29N3O6/c1-5-38-28(34)25-26(19-15-23(36-3)24(37-4)16-22(19)35-2)32-21-14-10-9-13-20(21)30-29(32)31(27(25)33)17-18-11-7-6-8-12-18/h6-16,25-26H,5,17H2,1-4H3/t25-,26+/m0/s1. The molecule has 9 nitrogen and oxygen atoms in total. The second-order valence-corrected chi connectivity index (χ2v) is 8.80. The van der Waals surface area contributed by atoms with Crippen LogP contribution in [0.15, 0.2) is 66.7 Å². The zero-order valence-electron chi connectivity index (χ0n) is 21.7. The van der Waals surface area contributed by atoms with Crippen molar-refractivity contribution in [2.75, 3.05) is 32.8 Å². The lowest BCUT2D eigenvalue weighted by Gasteiger charge is -2.38. The Bertz CT molecular complexity index is 1480. The van der Waals surface area contributed by atoms with Crippen molar-refractivity contribution in [2.45, 2.75) is 19.5 Å². The van der Waals surface area contributed by atoms with Gasteiger partial charge in [-0.2, -0.15) is 0 Å². The molecule has 0 bridgehead atoms. The zero-order chi connectivity index (χ0) is 26.8. The average Bonchev–Trinajstić information content (AvgIpc) is 3.33. The number of aromatic nitrogens is 2. The smallest absolute Gasteiger partial charge is 0.321 e. The molecule has 0 spiro atoms. The van der Waals surface area contributed by atoms with Crippen LogP contribution in [0.1, 0.15) is 24.1 Å². The zero-order valence-corrected chi connectivity index (χ0v) is 21.7. The fourth-order valence-electron chi connectivity index (χ4n) is 5.03. The number of carbonyl (C=O) groups is 2. The van der Waals surface area contributed by atoms with E-state index in [1.807, 2.05) is 59.2 Å². The number of amides is 1. The van der Waals surface area contributed by atoms with Crippen LogP contribution in [0.3, 0.4) is 0 Å². The van der Waals surface area contributed by atoms with Crippen molar-refractivity contribution in [1.29, 1.82) is 0 Å².